The standard InChI is InChI=1S/C24H17BrN2O3/c25-20-12-6-7-13-21(20)26(22(28)15-14-17-8-2-1-3-9-17)16-27-23(29)18-10-4-5-11-19(18)24(27)30/h1-15H,16H2/b15-14+. The minimum Gasteiger partial charge on any atom is -0.289 e. The summed E-state index contributed by atoms with van der Waals surface area (Å²) in [5.74, 6) is -1.16. The fourth-order valence-electron chi connectivity index (χ4n) is 3.27. The van der Waals surface area contributed by atoms with Gasteiger partial charge in [-0.3, -0.25) is 24.2 Å². The number of rotatable bonds is 5. The van der Waals surface area contributed by atoms with Gasteiger partial charge < -0.3 is 0 Å². The van der Waals surface area contributed by atoms with Crippen molar-refractivity contribution in [2.45, 2.75) is 0 Å². The van der Waals surface area contributed by atoms with Gasteiger partial charge in [0, 0.05) is 10.5 Å². The van der Waals surface area contributed by atoms with Crippen LogP contribution in [0.15, 0.2) is 89.4 Å². The Kier molecular flexibility index (Phi) is 5.59. The van der Waals surface area contributed by atoms with Crippen molar-refractivity contribution in [2.75, 3.05) is 11.6 Å². The van der Waals surface area contributed by atoms with E-state index in [4.69, 9.17) is 0 Å². The molecule has 0 bridgehead atoms. The number of imide groups is 1. The molecule has 1 heterocycles. The van der Waals surface area contributed by atoms with Crippen LogP contribution in [0, 0.1) is 0 Å². The summed E-state index contributed by atoms with van der Waals surface area (Å²) in [6.07, 6.45) is 3.14. The van der Waals surface area contributed by atoms with E-state index < -0.39 is 11.8 Å². The predicted molar refractivity (Wildman–Crippen MR) is 119 cm³/mol. The highest BCUT2D eigenvalue weighted by atomic mass is 79.9. The third kappa shape index (κ3) is 3.82. The number of carbonyl (C=O) groups is 3. The van der Waals surface area contributed by atoms with E-state index in [-0.39, 0.29) is 12.6 Å². The van der Waals surface area contributed by atoms with E-state index in [2.05, 4.69) is 15.9 Å². The van der Waals surface area contributed by atoms with Crippen molar-refractivity contribution in [3.05, 3.63) is 106 Å². The lowest BCUT2D eigenvalue weighted by molar-refractivity contribution is -0.114. The van der Waals surface area contributed by atoms with Crippen LogP contribution in [0.25, 0.3) is 6.08 Å². The second-order valence-corrected chi connectivity index (χ2v) is 7.54. The number of nitrogens with zero attached hydrogens (tertiary/aromatic N) is 2. The van der Waals surface area contributed by atoms with Crippen LogP contribution < -0.4 is 4.90 Å². The number of anilines is 1. The van der Waals surface area contributed by atoms with Crippen LogP contribution in [0.1, 0.15) is 26.3 Å². The lowest BCUT2D eigenvalue weighted by Crippen LogP contribution is -2.44. The van der Waals surface area contributed by atoms with E-state index in [9.17, 15) is 14.4 Å². The van der Waals surface area contributed by atoms with Crippen molar-refractivity contribution in [3.8, 4) is 0 Å². The zero-order valence-electron chi connectivity index (χ0n) is 15.9. The highest BCUT2D eigenvalue weighted by Crippen LogP contribution is 2.29. The molecule has 0 saturated carbocycles. The second kappa shape index (κ2) is 8.47. The average molecular weight is 461 g/mol. The minimum absolute atomic E-state index is 0.188. The lowest BCUT2D eigenvalue weighted by atomic mass is 10.1. The summed E-state index contributed by atoms with van der Waals surface area (Å²) in [6.45, 7) is -0.188. The number of para-hydroxylation sites is 1. The molecule has 0 aliphatic carbocycles. The maximum absolute atomic E-state index is 13.1. The summed E-state index contributed by atoms with van der Waals surface area (Å²) >= 11 is 3.46. The molecule has 0 aromatic heterocycles. The molecule has 0 saturated heterocycles. The fourth-order valence-corrected chi connectivity index (χ4v) is 3.76. The Morgan fingerprint density at radius 1 is 0.833 bits per heavy atom. The number of benzene rings is 3. The highest BCUT2D eigenvalue weighted by Gasteiger charge is 2.37. The molecule has 6 heteroatoms. The van der Waals surface area contributed by atoms with Gasteiger partial charge in [0.25, 0.3) is 17.7 Å². The van der Waals surface area contributed by atoms with Crippen molar-refractivity contribution < 1.29 is 14.4 Å². The van der Waals surface area contributed by atoms with Crippen LogP contribution in [0.2, 0.25) is 0 Å². The third-order valence-electron chi connectivity index (χ3n) is 4.79. The zero-order chi connectivity index (χ0) is 21.1. The molecule has 1 aliphatic heterocycles. The predicted octanol–water partition coefficient (Wildman–Crippen LogP) is 4.75. The van der Waals surface area contributed by atoms with Gasteiger partial charge in [0.05, 0.1) is 16.8 Å². The number of amides is 3. The Labute approximate surface area is 182 Å². The molecule has 0 fully saturated rings. The largest absolute Gasteiger partial charge is 0.289 e. The molecule has 3 amide bonds. The summed E-state index contributed by atoms with van der Waals surface area (Å²) in [4.78, 5) is 41.2. The van der Waals surface area contributed by atoms with E-state index in [0.29, 0.717) is 21.3 Å². The molecule has 0 N–H and O–H groups in total. The summed E-state index contributed by atoms with van der Waals surface area (Å²) in [7, 11) is 0. The molecule has 3 aromatic carbocycles. The van der Waals surface area contributed by atoms with Gasteiger partial charge in [-0.1, -0.05) is 54.6 Å². The smallest absolute Gasteiger partial charge is 0.263 e. The number of carbonyl (C=O) groups excluding carboxylic acids is 3. The molecular formula is C24H17BrN2O3. The Bertz CT molecular complexity index is 1120. The molecule has 0 radical (unpaired) electrons. The summed E-state index contributed by atoms with van der Waals surface area (Å²) in [6, 6.07) is 23.3. The molecule has 0 atom stereocenters. The first kappa shape index (κ1) is 19.8. The van der Waals surface area contributed by atoms with Crippen LogP contribution in [-0.4, -0.2) is 29.3 Å². The van der Waals surface area contributed by atoms with Crippen molar-refractivity contribution >= 4 is 45.4 Å². The molecule has 1 aliphatic rings. The number of hydrogen-bond acceptors (Lipinski definition) is 3. The maximum Gasteiger partial charge on any atom is 0.263 e. The molecular weight excluding hydrogens is 444 g/mol. The summed E-state index contributed by atoms with van der Waals surface area (Å²) in [5.41, 5.74) is 2.14. The number of hydrogen-bond donors (Lipinski definition) is 0. The first-order chi connectivity index (χ1) is 14.6. The van der Waals surface area contributed by atoms with Crippen LogP contribution >= 0.6 is 15.9 Å². The normalized spacial score (nSPS) is 13.0. The molecule has 4 rings (SSSR count). The second-order valence-electron chi connectivity index (χ2n) is 6.69. The van der Waals surface area contributed by atoms with Gasteiger partial charge in [-0.2, -0.15) is 0 Å². The van der Waals surface area contributed by atoms with Gasteiger partial charge in [-0.15, -0.1) is 0 Å². The van der Waals surface area contributed by atoms with Crippen molar-refractivity contribution in [1.82, 2.24) is 4.90 Å². The summed E-state index contributed by atoms with van der Waals surface area (Å²) < 4.78 is 0.683. The summed E-state index contributed by atoms with van der Waals surface area (Å²) in [5, 5.41) is 0. The lowest BCUT2D eigenvalue weighted by Gasteiger charge is -2.27. The van der Waals surface area contributed by atoms with Gasteiger partial charge in [-0.05, 0) is 51.8 Å². The topological polar surface area (TPSA) is 57.7 Å². The molecule has 148 valence electrons. The van der Waals surface area contributed by atoms with Crippen LogP contribution in [-0.2, 0) is 4.79 Å². The Balaban J connectivity index is 1.66. The monoisotopic (exact) mass is 460 g/mol. The zero-order valence-corrected chi connectivity index (χ0v) is 17.5. The van der Waals surface area contributed by atoms with Crippen molar-refractivity contribution in [1.29, 1.82) is 0 Å². The number of fused-ring (bicyclic) bond motifs is 1. The Morgan fingerprint density at radius 2 is 1.40 bits per heavy atom. The van der Waals surface area contributed by atoms with Crippen LogP contribution in [0.5, 0.6) is 0 Å². The fraction of sp³-hybridized carbons (Fsp3) is 0.0417. The van der Waals surface area contributed by atoms with Gasteiger partial charge in [0.2, 0.25) is 0 Å². The third-order valence-corrected chi connectivity index (χ3v) is 5.46. The van der Waals surface area contributed by atoms with E-state index in [1.807, 2.05) is 36.4 Å². The maximum atomic E-state index is 13.1. The molecule has 5 nitrogen and oxygen atoms in total. The Morgan fingerprint density at radius 3 is 2.03 bits per heavy atom. The highest BCUT2D eigenvalue weighted by molar-refractivity contribution is 9.10. The van der Waals surface area contributed by atoms with Gasteiger partial charge in [-0.25, -0.2) is 0 Å². The van der Waals surface area contributed by atoms with Crippen LogP contribution in [0.4, 0.5) is 5.69 Å². The van der Waals surface area contributed by atoms with E-state index in [1.54, 1.807) is 48.5 Å². The van der Waals surface area contributed by atoms with E-state index in [1.165, 1.54) is 11.0 Å². The molecule has 30 heavy (non-hydrogen) atoms. The molecule has 3 aromatic rings. The van der Waals surface area contributed by atoms with Gasteiger partial charge >= 0.3 is 0 Å². The van der Waals surface area contributed by atoms with E-state index in [0.717, 1.165) is 10.5 Å². The number of halogens is 1. The van der Waals surface area contributed by atoms with Gasteiger partial charge in [0.1, 0.15) is 6.67 Å². The van der Waals surface area contributed by atoms with E-state index >= 15 is 0 Å². The minimum atomic E-state index is -0.410. The quantitative estimate of drug-likeness (QED) is 0.407. The van der Waals surface area contributed by atoms with Crippen LogP contribution in [0.3, 0.4) is 0 Å². The van der Waals surface area contributed by atoms with Gasteiger partial charge in [0.15, 0.2) is 0 Å². The molecule has 0 unspecified atom stereocenters. The SMILES string of the molecule is O=C1c2ccccc2C(=O)N1CN(C(=O)/C=C/c1ccccc1)c1ccccc1Br. The van der Waals surface area contributed by atoms with Crippen molar-refractivity contribution in [2.24, 2.45) is 0 Å². The molecule has 0 spiro atoms. The first-order valence-corrected chi connectivity index (χ1v) is 10.1. The first-order valence-electron chi connectivity index (χ1n) is 9.30. The van der Waals surface area contributed by atoms with Crippen molar-refractivity contribution in [3.63, 3.8) is 0 Å². The Hall–Kier alpha value is -3.51. The average Bonchev–Trinajstić information content (AvgIpc) is 3.02.